The van der Waals surface area contributed by atoms with E-state index in [-0.39, 0.29) is 33.9 Å². The van der Waals surface area contributed by atoms with Gasteiger partial charge in [-0.3, -0.25) is 14.4 Å². The first-order chi connectivity index (χ1) is 44.6. The van der Waals surface area contributed by atoms with E-state index in [4.69, 9.17) is 17.2 Å². The smallest absolute Gasteiger partial charge is 0.254 e. The molecular weight excluding hydrogens is 1250 g/mol. The molecule has 3 aromatic heterocycles. The number of hydrogen-bond donors (Lipinski definition) is 9. The molecule has 6 aromatic rings. The number of nitrogens with two attached hydrogens (primary N) is 3. The molecule has 33 heteroatoms. The summed E-state index contributed by atoms with van der Waals surface area (Å²) in [5.41, 5.74) is 22.6. The van der Waals surface area contributed by atoms with E-state index in [1.165, 1.54) is 18.6 Å². The van der Waals surface area contributed by atoms with Crippen LogP contribution in [0, 0.1) is 0 Å². The molecule has 0 unspecified atom stereocenters. The lowest BCUT2D eigenvalue weighted by atomic mass is 10.2. The van der Waals surface area contributed by atoms with Crippen molar-refractivity contribution in [2.75, 3.05) is 142 Å². The molecule has 0 atom stereocenters. The monoisotopic (exact) mass is 1340 g/mol. The van der Waals surface area contributed by atoms with Gasteiger partial charge in [0.25, 0.3) is 17.7 Å². The Labute approximate surface area is 542 Å². The third-order valence-electron chi connectivity index (χ3n) is 16.4. The predicted octanol–water partition coefficient (Wildman–Crippen LogP) is 4.10. The van der Waals surface area contributed by atoms with Gasteiger partial charge in [0.05, 0.1) is 33.9 Å². The van der Waals surface area contributed by atoms with E-state index in [2.05, 4.69) is 76.5 Å². The second kappa shape index (κ2) is 29.5. The summed E-state index contributed by atoms with van der Waals surface area (Å²) in [6, 6.07) is 24.4. The second-order valence-corrected chi connectivity index (χ2v) is 29.9. The molecule has 6 fully saturated rings. The molecule has 0 bridgehead atoms. The summed E-state index contributed by atoms with van der Waals surface area (Å²) < 4.78 is 76.8. The van der Waals surface area contributed by atoms with Gasteiger partial charge in [-0.1, -0.05) is 0 Å². The largest absolute Gasteiger partial charge is 0.369 e. The number of primary amides is 3. The summed E-state index contributed by atoms with van der Waals surface area (Å²) in [6.45, 7) is 11.9. The van der Waals surface area contributed by atoms with Gasteiger partial charge in [-0.2, -0.15) is 27.9 Å². The molecule has 3 aliphatic carbocycles. The first-order valence-corrected chi connectivity index (χ1v) is 36.0. The van der Waals surface area contributed by atoms with E-state index < -0.39 is 47.8 Å². The van der Waals surface area contributed by atoms with Crippen LogP contribution >= 0.6 is 0 Å². The normalized spacial score (nSPS) is 17.4. The number of carbonyl (C=O) groups excluding carboxylic acids is 3. The van der Waals surface area contributed by atoms with Crippen molar-refractivity contribution in [3.05, 3.63) is 108 Å². The maximum absolute atomic E-state index is 12.0. The number of benzene rings is 3. The van der Waals surface area contributed by atoms with Crippen LogP contribution in [0.3, 0.4) is 0 Å². The Hall–Kier alpha value is -8.76. The number of aromatic nitrogens is 6. The quantitative estimate of drug-likeness (QED) is 0.0412. The average Bonchev–Trinajstić information content (AvgIpc) is 2.01. The zero-order valence-corrected chi connectivity index (χ0v) is 54.7. The van der Waals surface area contributed by atoms with Crippen molar-refractivity contribution < 1.29 is 39.6 Å². The topological polar surface area (TPSA) is 401 Å². The Balaban J connectivity index is 0.000000153. The maximum atomic E-state index is 12.0. The molecule has 3 saturated carbocycles. The minimum absolute atomic E-state index is 0.133. The third kappa shape index (κ3) is 18.1. The summed E-state index contributed by atoms with van der Waals surface area (Å²) in [6.07, 6.45) is 10.6. The molecule has 12 N–H and O–H groups in total. The number of carbonyl (C=O) groups is 3. The summed E-state index contributed by atoms with van der Waals surface area (Å²) in [5.74, 6) is 1.17. The summed E-state index contributed by atoms with van der Waals surface area (Å²) in [5, 5.41) is 19.1. The van der Waals surface area contributed by atoms with Gasteiger partial charge in [0.1, 0.15) is 17.5 Å². The zero-order valence-electron chi connectivity index (χ0n) is 52.2. The standard InChI is InChI=1S/3C20H27N7O3S/c3*1-2-31(29,30)27-11-9-26(10-12-27)16-7-5-15(6-8-16)24-20-22-13-17(18(21)28)19(25-20)23-14-3-4-14/h3*5-8,13-14H,2-4,9-12H2,1H3,(H2,21,28)(H2,22,23,24,25). The lowest BCUT2D eigenvalue weighted by Gasteiger charge is -2.35. The molecule has 12 rings (SSSR count). The molecule has 93 heavy (non-hydrogen) atoms. The molecule has 3 aromatic carbocycles. The van der Waals surface area contributed by atoms with Gasteiger partial charge in [-0.05, 0) is 132 Å². The molecule has 498 valence electrons. The Morgan fingerprint density at radius 3 is 0.806 bits per heavy atom. The second-order valence-electron chi connectivity index (χ2n) is 23.1. The molecule has 6 heterocycles. The van der Waals surface area contributed by atoms with Crippen LogP contribution in [-0.2, 0) is 30.1 Å². The van der Waals surface area contributed by atoms with Crippen molar-refractivity contribution in [1.82, 2.24) is 42.8 Å². The number of anilines is 12. The van der Waals surface area contributed by atoms with Crippen molar-refractivity contribution in [2.24, 2.45) is 17.2 Å². The minimum atomic E-state index is -3.14. The molecule has 30 nitrogen and oxygen atoms in total. The average molecular weight is 1340 g/mol. The predicted molar refractivity (Wildman–Crippen MR) is 360 cm³/mol. The van der Waals surface area contributed by atoms with E-state index >= 15 is 0 Å². The van der Waals surface area contributed by atoms with E-state index in [9.17, 15) is 39.6 Å². The maximum Gasteiger partial charge on any atom is 0.254 e. The summed E-state index contributed by atoms with van der Waals surface area (Å²) in [7, 11) is -9.41. The van der Waals surface area contributed by atoms with Crippen LogP contribution in [0.25, 0.3) is 0 Å². The molecule has 3 amide bonds. The van der Waals surface area contributed by atoms with Crippen molar-refractivity contribution in [3.63, 3.8) is 0 Å². The van der Waals surface area contributed by atoms with E-state index in [1.807, 2.05) is 72.8 Å². The zero-order chi connectivity index (χ0) is 66.0. The molecular formula is C60H81N21O9S3. The van der Waals surface area contributed by atoms with Crippen molar-refractivity contribution in [2.45, 2.75) is 77.4 Å². The van der Waals surface area contributed by atoms with Crippen LogP contribution in [0.1, 0.15) is 90.4 Å². The third-order valence-corrected chi connectivity index (χ3v) is 22.0. The van der Waals surface area contributed by atoms with Gasteiger partial charge in [-0.15, -0.1) is 0 Å². The van der Waals surface area contributed by atoms with E-state index in [0.29, 0.717) is 132 Å². The molecule has 3 aliphatic heterocycles. The highest BCUT2D eigenvalue weighted by molar-refractivity contribution is 7.89. The number of rotatable bonds is 24. The SMILES string of the molecule is CCS(=O)(=O)N1CCN(c2ccc(Nc3ncc(C(N)=O)c(NC4CC4)n3)cc2)CC1.CCS(=O)(=O)N1CCN(c2ccc(Nc3ncc(C(N)=O)c(NC4CC4)n3)cc2)CC1.CCS(=O)(=O)N1CCN(c2ccc(Nc3ncc(C(N)=O)c(NC4CC4)n3)cc2)CC1. The van der Waals surface area contributed by atoms with Gasteiger partial charge >= 0.3 is 0 Å². The van der Waals surface area contributed by atoms with Crippen LogP contribution < -0.4 is 63.8 Å². The fourth-order valence-electron chi connectivity index (χ4n) is 10.3. The number of amides is 3. The number of nitrogens with one attached hydrogen (secondary N) is 6. The number of sulfonamides is 3. The van der Waals surface area contributed by atoms with Crippen LogP contribution in [0.5, 0.6) is 0 Å². The van der Waals surface area contributed by atoms with Crippen LogP contribution in [0.4, 0.5) is 69.4 Å². The summed E-state index contributed by atoms with van der Waals surface area (Å²) >= 11 is 0. The lowest BCUT2D eigenvalue weighted by Crippen LogP contribution is -2.49. The summed E-state index contributed by atoms with van der Waals surface area (Å²) in [4.78, 5) is 67.2. The van der Waals surface area contributed by atoms with Gasteiger partial charge in [0, 0.05) is 149 Å². The van der Waals surface area contributed by atoms with Gasteiger partial charge in [0.15, 0.2) is 0 Å². The Morgan fingerprint density at radius 2 is 0.613 bits per heavy atom. The van der Waals surface area contributed by atoms with Gasteiger partial charge < -0.3 is 63.8 Å². The Bertz CT molecular complexity index is 3550. The highest BCUT2D eigenvalue weighted by atomic mass is 32.2. The molecule has 0 radical (unpaired) electrons. The van der Waals surface area contributed by atoms with Crippen molar-refractivity contribution in [3.8, 4) is 0 Å². The lowest BCUT2D eigenvalue weighted by molar-refractivity contribution is 0.0992. The fraction of sp³-hybridized carbons (Fsp3) is 0.450. The van der Waals surface area contributed by atoms with Crippen molar-refractivity contribution >= 4 is 117 Å². The molecule has 3 saturated heterocycles. The van der Waals surface area contributed by atoms with Crippen LogP contribution in [0.2, 0.25) is 0 Å². The highest BCUT2D eigenvalue weighted by Gasteiger charge is 2.31. The van der Waals surface area contributed by atoms with Gasteiger partial charge in [0.2, 0.25) is 47.9 Å². The van der Waals surface area contributed by atoms with E-state index in [1.54, 1.807) is 33.7 Å². The highest BCUT2D eigenvalue weighted by Crippen LogP contribution is 2.31. The van der Waals surface area contributed by atoms with Crippen LogP contribution in [-0.4, -0.2) is 200 Å². The number of hydrogen-bond acceptors (Lipinski definition) is 24. The number of nitrogens with zero attached hydrogens (tertiary/aromatic N) is 12. The minimum Gasteiger partial charge on any atom is -0.369 e. The van der Waals surface area contributed by atoms with Gasteiger partial charge in [-0.25, -0.2) is 40.2 Å². The Kier molecular flexibility index (Phi) is 21.3. The Morgan fingerprint density at radius 1 is 0.387 bits per heavy atom. The first-order valence-electron chi connectivity index (χ1n) is 31.2. The fourth-order valence-corrected chi connectivity index (χ4v) is 13.6. The number of piperazine rings is 3. The first kappa shape index (κ1) is 67.1. The van der Waals surface area contributed by atoms with E-state index in [0.717, 1.165) is 72.6 Å². The van der Waals surface area contributed by atoms with Crippen LogP contribution in [0.15, 0.2) is 91.4 Å². The molecule has 0 spiro atoms. The van der Waals surface area contributed by atoms with Crippen molar-refractivity contribution in [1.29, 1.82) is 0 Å². The molecule has 6 aliphatic rings.